The zero-order valence-electron chi connectivity index (χ0n) is 9.31. The summed E-state index contributed by atoms with van der Waals surface area (Å²) in [5, 5.41) is 11.4. The lowest BCUT2D eigenvalue weighted by atomic mass is 9.97. The van der Waals surface area contributed by atoms with Gasteiger partial charge < -0.3 is 15.2 Å². The maximum Gasteiger partial charge on any atom is 0.408 e. The van der Waals surface area contributed by atoms with Gasteiger partial charge in [-0.3, -0.25) is 0 Å². The highest BCUT2D eigenvalue weighted by Crippen LogP contribution is 2.38. The summed E-state index contributed by atoms with van der Waals surface area (Å²) < 4.78 is 4.69. The van der Waals surface area contributed by atoms with E-state index in [1.54, 1.807) is 0 Å². The second-order valence-corrected chi connectivity index (χ2v) is 4.04. The molecule has 0 radical (unpaired) electrons. The smallest absolute Gasteiger partial charge is 0.408 e. The number of nitrogens with one attached hydrogen (secondary N) is 1. The lowest BCUT2D eigenvalue weighted by Crippen LogP contribution is -2.46. The highest BCUT2D eigenvalue weighted by Gasteiger charge is 2.37. The zero-order valence-corrected chi connectivity index (χ0v) is 9.31. The molecular weight excluding hydrogens is 210 g/mol. The van der Waals surface area contributed by atoms with Crippen LogP contribution < -0.4 is 5.32 Å². The number of aliphatic carboxylic acids is 1. The fraction of sp³-hybridized carbons (Fsp3) is 0.636. The lowest BCUT2D eigenvalue weighted by molar-refractivity contribution is -0.140. The Bertz CT molecular complexity index is 286. The van der Waals surface area contributed by atoms with Crippen LogP contribution >= 0.6 is 0 Å². The summed E-state index contributed by atoms with van der Waals surface area (Å²) in [7, 11) is 0. The second-order valence-electron chi connectivity index (χ2n) is 4.04. The molecule has 2 N–H and O–H groups in total. The van der Waals surface area contributed by atoms with Crippen LogP contribution in [0.5, 0.6) is 0 Å². The van der Waals surface area contributed by atoms with E-state index in [0.29, 0.717) is 5.92 Å². The molecule has 16 heavy (non-hydrogen) atoms. The summed E-state index contributed by atoms with van der Waals surface area (Å²) in [5.74, 6) is -0.676. The van der Waals surface area contributed by atoms with Crippen LogP contribution in [-0.4, -0.2) is 29.8 Å². The van der Waals surface area contributed by atoms with Gasteiger partial charge >= 0.3 is 12.1 Å². The number of hydrogen-bond donors (Lipinski definition) is 2. The third kappa shape index (κ3) is 3.56. The van der Waals surface area contributed by atoms with Crippen molar-refractivity contribution in [1.29, 1.82) is 0 Å². The van der Waals surface area contributed by atoms with Crippen molar-refractivity contribution in [3.05, 3.63) is 12.7 Å². The van der Waals surface area contributed by atoms with Crippen molar-refractivity contribution in [2.45, 2.75) is 25.8 Å². The van der Waals surface area contributed by atoms with Crippen LogP contribution in [0.15, 0.2) is 12.7 Å². The standard InChI is InChI=1S/C11H17NO4/c1-3-6-16-11(15)12-9(10(13)14)7(2)8-4-5-8/h3,7-9H,1,4-6H2,2H3,(H,12,15)(H,13,14). The highest BCUT2D eigenvalue weighted by molar-refractivity contribution is 5.80. The summed E-state index contributed by atoms with van der Waals surface area (Å²) in [6, 6.07) is -0.871. The van der Waals surface area contributed by atoms with Gasteiger partial charge in [0.1, 0.15) is 12.6 Å². The zero-order chi connectivity index (χ0) is 12.1. The molecule has 0 aromatic heterocycles. The highest BCUT2D eigenvalue weighted by atomic mass is 16.5. The maximum atomic E-state index is 11.2. The van der Waals surface area contributed by atoms with Gasteiger partial charge in [0.15, 0.2) is 0 Å². The monoisotopic (exact) mass is 227 g/mol. The molecule has 5 nitrogen and oxygen atoms in total. The number of alkyl carbamates (subject to hydrolysis) is 1. The van der Waals surface area contributed by atoms with Gasteiger partial charge in [0.2, 0.25) is 0 Å². The minimum Gasteiger partial charge on any atom is -0.480 e. The number of ether oxygens (including phenoxy) is 1. The Morgan fingerprint density at radius 3 is 2.69 bits per heavy atom. The Morgan fingerprint density at radius 1 is 1.62 bits per heavy atom. The van der Waals surface area contributed by atoms with Gasteiger partial charge in [-0.15, -0.1) is 0 Å². The van der Waals surface area contributed by atoms with Crippen LogP contribution in [0.3, 0.4) is 0 Å². The Hall–Kier alpha value is -1.52. The van der Waals surface area contributed by atoms with Crippen LogP contribution in [0.2, 0.25) is 0 Å². The summed E-state index contributed by atoms with van der Waals surface area (Å²) >= 11 is 0. The minimum atomic E-state index is -1.02. The first kappa shape index (κ1) is 12.5. The van der Waals surface area contributed by atoms with E-state index in [0.717, 1.165) is 12.8 Å². The Balaban J connectivity index is 2.46. The van der Waals surface area contributed by atoms with Crippen molar-refractivity contribution >= 4 is 12.1 Å². The molecule has 0 aromatic carbocycles. The number of carboxylic acids is 1. The molecule has 2 atom stereocenters. The first-order chi connectivity index (χ1) is 7.56. The molecule has 0 bridgehead atoms. The van der Waals surface area contributed by atoms with E-state index in [2.05, 4.69) is 11.9 Å². The quantitative estimate of drug-likeness (QED) is 0.672. The fourth-order valence-electron chi connectivity index (χ4n) is 1.62. The van der Waals surface area contributed by atoms with Gasteiger partial charge in [0, 0.05) is 0 Å². The van der Waals surface area contributed by atoms with Gasteiger partial charge in [-0.1, -0.05) is 19.6 Å². The molecule has 0 spiro atoms. The molecule has 0 aliphatic heterocycles. The molecule has 90 valence electrons. The minimum absolute atomic E-state index is 0.0613. The van der Waals surface area contributed by atoms with Crippen molar-refractivity contribution in [3.8, 4) is 0 Å². The molecule has 1 saturated carbocycles. The second kappa shape index (κ2) is 5.53. The molecular formula is C11H17NO4. The summed E-state index contributed by atoms with van der Waals surface area (Å²) in [6.45, 7) is 5.32. The third-order valence-corrected chi connectivity index (χ3v) is 2.76. The lowest BCUT2D eigenvalue weighted by Gasteiger charge is -2.20. The first-order valence-corrected chi connectivity index (χ1v) is 5.33. The summed E-state index contributed by atoms with van der Waals surface area (Å²) in [4.78, 5) is 22.2. The number of carboxylic acid groups (broad SMARTS) is 1. The van der Waals surface area contributed by atoms with E-state index < -0.39 is 18.1 Å². The molecule has 5 heteroatoms. The number of carbonyl (C=O) groups is 2. The fourth-order valence-corrected chi connectivity index (χ4v) is 1.62. The van der Waals surface area contributed by atoms with Gasteiger partial charge in [-0.2, -0.15) is 0 Å². The Morgan fingerprint density at radius 2 is 2.25 bits per heavy atom. The van der Waals surface area contributed by atoms with Crippen LogP contribution in [0.25, 0.3) is 0 Å². The normalized spacial score (nSPS) is 18.3. The molecule has 1 rings (SSSR count). The van der Waals surface area contributed by atoms with E-state index in [-0.39, 0.29) is 12.5 Å². The van der Waals surface area contributed by atoms with Crippen LogP contribution in [0.1, 0.15) is 19.8 Å². The number of amides is 1. The van der Waals surface area contributed by atoms with E-state index in [1.165, 1.54) is 6.08 Å². The van der Waals surface area contributed by atoms with Gasteiger partial charge in [0.05, 0.1) is 0 Å². The van der Waals surface area contributed by atoms with Crippen molar-refractivity contribution in [2.75, 3.05) is 6.61 Å². The number of carbonyl (C=O) groups excluding carboxylic acids is 1. The Kier molecular flexibility index (Phi) is 4.34. The largest absolute Gasteiger partial charge is 0.480 e. The summed E-state index contributed by atoms with van der Waals surface area (Å²) in [6.07, 6.45) is 2.79. The molecule has 0 heterocycles. The van der Waals surface area contributed by atoms with Crippen LogP contribution in [-0.2, 0) is 9.53 Å². The molecule has 1 fully saturated rings. The molecule has 2 unspecified atom stereocenters. The van der Waals surface area contributed by atoms with Crippen molar-refractivity contribution in [3.63, 3.8) is 0 Å². The SMILES string of the molecule is C=CCOC(=O)NC(C(=O)O)C(C)C1CC1. The van der Waals surface area contributed by atoms with Crippen LogP contribution in [0, 0.1) is 11.8 Å². The molecule has 0 saturated heterocycles. The molecule has 1 aliphatic carbocycles. The van der Waals surface area contributed by atoms with E-state index in [9.17, 15) is 9.59 Å². The van der Waals surface area contributed by atoms with E-state index in [1.807, 2.05) is 6.92 Å². The average Bonchev–Trinajstić information content (AvgIpc) is 3.05. The first-order valence-electron chi connectivity index (χ1n) is 5.33. The van der Waals surface area contributed by atoms with Gasteiger partial charge in [-0.25, -0.2) is 9.59 Å². The van der Waals surface area contributed by atoms with Crippen molar-refractivity contribution < 1.29 is 19.4 Å². The molecule has 0 aromatic rings. The average molecular weight is 227 g/mol. The molecule has 1 aliphatic rings. The Labute approximate surface area is 94.5 Å². The van der Waals surface area contributed by atoms with Gasteiger partial charge in [0.25, 0.3) is 0 Å². The molecule has 1 amide bonds. The van der Waals surface area contributed by atoms with Crippen molar-refractivity contribution in [1.82, 2.24) is 5.32 Å². The van der Waals surface area contributed by atoms with E-state index >= 15 is 0 Å². The predicted octanol–water partition coefficient (Wildman–Crippen LogP) is 1.40. The number of hydrogen-bond acceptors (Lipinski definition) is 3. The van der Waals surface area contributed by atoms with Crippen LogP contribution in [0.4, 0.5) is 4.79 Å². The van der Waals surface area contributed by atoms with Crippen molar-refractivity contribution in [2.24, 2.45) is 11.8 Å². The number of rotatable bonds is 6. The van der Waals surface area contributed by atoms with Gasteiger partial charge in [-0.05, 0) is 24.7 Å². The summed E-state index contributed by atoms with van der Waals surface area (Å²) in [5.41, 5.74) is 0. The third-order valence-electron chi connectivity index (χ3n) is 2.76. The maximum absolute atomic E-state index is 11.2. The topological polar surface area (TPSA) is 75.6 Å². The van der Waals surface area contributed by atoms with E-state index in [4.69, 9.17) is 9.84 Å². The predicted molar refractivity (Wildman–Crippen MR) is 58.0 cm³/mol.